The fourth-order valence-corrected chi connectivity index (χ4v) is 5.75. The van der Waals surface area contributed by atoms with Crippen LogP contribution in [-0.2, 0) is 0 Å². The van der Waals surface area contributed by atoms with Gasteiger partial charge in [-0.25, -0.2) is 9.97 Å². The predicted octanol–water partition coefficient (Wildman–Crippen LogP) is 6.48. The highest BCUT2D eigenvalue weighted by Gasteiger charge is 2.18. The summed E-state index contributed by atoms with van der Waals surface area (Å²) in [5, 5.41) is 8.43. The molecule has 0 atom stereocenters. The summed E-state index contributed by atoms with van der Waals surface area (Å²) in [5.41, 5.74) is 6.41. The van der Waals surface area contributed by atoms with E-state index in [1.807, 2.05) is 29.8 Å². The Labute approximate surface area is 175 Å². The Bertz CT molecular complexity index is 1130. The third-order valence-corrected chi connectivity index (χ3v) is 7.35. The molecule has 0 aliphatic heterocycles. The number of aryl methyl sites for hydroxylation is 4. The number of nitrogens with one attached hydrogen (secondary N) is 1. The molecule has 1 N–H and O–H groups in total. The molecule has 0 saturated heterocycles. The number of carbonyl (C=O) groups excluding carboxylic acids is 1. The molecular weight excluding hydrogens is 406 g/mol. The van der Waals surface area contributed by atoms with Gasteiger partial charge in [-0.1, -0.05) is 23.8 Å². The predicted molar refractivity (Wildman–Crippen MR) is 120 cm³/mol. The van der Waals surface area contributed by atoms with Crippen LogP contribution in [-0.4, -0.2) is 15.9 Å². The first-order valence-electron chi connectivity index (χ1n) is 8.79. The summed E-state index contributed by atoms with van der Waals surface area (Å²) in [6.45, 7) is 8.16. The number of benzene rings is 1. The summed E-state index contributed by atoms with van der Waals surface area (Å²) < 4.78 is 0. The molecular formula is C21H19N3OS3. The van der Waals surface area contributed by atoms with Gasteiger partial charge in [0.05, 0.1) is 16.3 Å². The van der Waals surface area contributed by atoms with Crippen LogP contribution in [0.4, 0.5) is 5.13 Å². The number of nitrogens with zero attached hydrogens (tertiary/aromatic N) is 2. The molecule has 7 heteroatoms. The van der Waals surface area contributed by atoms with Crippen molar-refractivity contribution in [3.8, 4) is 21.1 Å². The van der Waals surface area contributed by atoms with Crippen molar-refractivity contribution in [3.63, 3.8) is 0 Å². The smallest absolute Gasteiger partial charge is 0.269 e. The lowest BCUT2D eigenvalue weighted by molar-refractivity contribution is 0.103. The Morgan fingerprint density at radius 1 is 1.04 bits per heavy atom. The Morgan fingerprint density at radius 3 is 2.46 bits per heavy atom. The van der Waals surface area contributed by atoms with Crippen molar-refractivity contribution in [3.05, 3.63) is 62.3 Å². The van der Waals surface area contributed by atoms with Gasteiger partial charge in [-0.2, -0.15) is 0 Å². The quantitative estimate of drug-likeness (QED) is 0.407. The van der Waals surface area contributed by atoms with Gasteiger partial charge in [-0.15, -0.1) is 34.0 Å². The molecule has 4 rings (SSSR count). The average molecular weight is 426 g/mol. The van der Waals surface area contributed by atoms with Gasteiger partial charge in [-0.3, -0.25) is 10.1 Å². The van der Waals surface area contributed by atoms with E-state index in [1.165, 1.54) is 39.4 Å². The Morgan fingerprint density at radius 2 is 1.79 bits per heavy atom. The monoisotopic (exact) mass is 425 g/mol. The second kappa shape index (κ2) is 7.58. The molecule has 0 bridgehead atoms. The van der Waals surface area contributed by atoms with Crippen molar-refractivity contribution in [2.45, 2.75) is 27.7 Å². The Hall–Kier alpha value is -2.35. The van der Waals surface area contributed by atoms with Crippen LogP contribution < -0.4 is 5.32 Å². The number of aromatic nitrogens is 2. The van der Waals surface area contributed by atoms with Gasteiger partial charge in [0.25, 0.3) is 5.91 Å². The van der Waals surface area contributed by atoms with Gasteiger partial charge >= 0.3 is 0 Å². The highest BCUT2D eigenvalue weighted by Crippen LogP contribution is 2.33. The molecule has 0 saturated carbocycles. The van der Waals surface area contributed by atoms with Gasteiger partial charge in [-0.05, 0) is 50.3 Å². The van der Waals surface area contributed by atoms with Crippen molar-refractivity contribution in [1.29, 1.82) is 0 Å². The highest BCUT2D eigenvalue weighted by atomic mass is 32.1. The molecule has 0 aliphatic rings. The van der Waals surface area contributed by atoms with E-state index in [0.29, 0.717) is 10.0 Å². The van der Waals surface area contributed by atoms with Crippen LogP contribution in [0.15, 0.2) is 35.0 Å². The molecule has 142 valence electrons. The first kappa shape index (κ1) is 19.0. The summed E-state index contributed by atoms with van der Waals surface area (Å²) >= 11 is 4.49. The molecule has 0 radical (unpaired) electrons. The van der Waals surface area contributed by atoms with E-state index in [2.05, 4.69) is 48.2 Å². The number of hydrogen-bond acceptors (Lipinski definition) is 6. The lowest BCUT2D eigenvalue weighted by Gasteiger charge is -2.08. The van der Waals surface area contributed by atoms with Crippen LogP contribution in [0.5, 0.6) is 0 Å². The van der Waals surface area contributed by atoms with Crippen molar-refractivity contribution in [2.75, 3.05) is 5.32 Å². The molecule has 3 heterocycles. The molecule has 0 fully saturated rings. The molecule has 3 aromatic heterocycles. The van der Waals surface area contributed by atoms with Crippen molar-refractivity contribution in [2.24, 2.45) is 0 Å². The molecule has 28 heavy (non-hydrogen) atoms. The molecule has 0 spiro atoms. The third kappa shape index (κ3) is 3.65. The van der Waals surface area contributed by atoms with Crippen LogP contribution in [0.3, 0.4) is 0 Å². The zero-order chi connectivity index (χ0) is 19.8. The Balaban J connectivity index is 1.57. The molecule has 4 nitrogen and oxygen atoms in total. The van der Waals surface area contributed by atoms with Crippen LogP contribution in [0.25, 0.3) is 21.1 Å². The van der Waals surface area contributed by atoms with Crippen LogP contribution in [0.1, 0.15) is 32.1 Å². The maximum Gasteiger partial charge on any atom is 0.269 e. The van der Waals surface area contributed by atoms with Gasteiger partial charge in [0.15, 0.2) is 5.13 Å². The number of hydrogen-bond donors (Lipinski definition) is 1. The summed E-state index contributed by atoms with van der Waals surface area (Å²) in [6.07, 6.45) is 0. The minimum absolute atomic E-state index is 0.156. The maximum atomic E-state index is 12.8. The van der Waals surface area contributed by atoms with Crippen LogP contribution in [0, 0.1) is 27.7 Å². The lowest BCUT2D eigenvalue weighted by atomic mass is 9.98. The first-order chi connectivity index (χ1) is 13.4. The average Bonchev–Trinajstić information content (AvgIpc) is 3.34. The van der Waals surface area contributed by atoms with Gasteiger partial charge < -0.3 is 0 Å². The minimum Gasteiger partial charge on any atom is -0.297 e. The summed E-state index contributed by atoms with van der Waals surface area (Å²) in [7, 11) is 0. The van der Waals surface area contributed by atoms with E-state index in [4.69, 9.17) is 0 Å². The number of anilines is 1. The van der Waals surface area contributed by atoms with Gasteiger partial charge in [0, 0.05) is 10.9 Å². The van der Waals surface area contributed by atoms with Crippen LogP contribution >= 0.6 is 34.0 Å². The molecule has 1 aromatic carbocycles. The van der Waals surface area contributed by atoms with Crippen molar-refractivity contribution < 1.29 is 4.79 Å². The van der Waals surface area contributed by atoms with E-state index in [9.17, 15) is 4.79 Å². The highest BCUT2D eigenvalue weighted by molar-refractivity contribution is 7.22. The molecule has 0 aliphatic carbocycles. The van der Waals surface area contributed by atoms with E-state index < -0.39 is 0 Å². The number of amides is 1. The van der Waals surface area contributed by atoms with E-state index in [0.717, 1.165) is 26.8 Å². The maximum absolute atomic E-state index is 12.8. The number of carbonyl (C=O) groups is 1. The molecule has 0 unspecified atom stereocenters. The zero-order valence-corrected chi connectivity index (χ0v) is 18.4. The van der Waals surface area contributed by atoms with Gasteiger partial charge in [0.2, 0.25) is 0 Å². The minimum atomic E-state index is -0.156. The summed E-state index contributed by atoms with van der Waals surface area (Å²) in [6, 6.07) is 8.33. The second-order valence-electron chi connectivity index (χ2n) is 6.68. The van der Waals surface area contributed by atoms with Crippen molar-refractivity contribution in [1.82, 2.24) is 9.97 Å². The van der Waals surface area contributed by atoms with Crippen LogP contribution in [0.2, 0.25) is 0 Å². The summed E-state index contributed by atoms with van der Waals surface area (Å²) in [4.78, 5) is 23.7. The molecule has 1 amide bonds. The van der Waals surface area contributed by atoms with Gasteiger partial charge in [0.1, 0.15) is 9.88 Å². The van der Waals surface area contributed by atoms with E-state index in [-0.39, 0.29) is 5.91 Å². The molecule has 4 aromatic rings. The number of thiazole rings is 2. The number of rotatable bonds is 4. The summed E-state index contributed by atoms with van der Waals surface area (Å²) in [5.74, 6) is -0.156. The third-order valence-electron chi connectivity index (χ3n) is 4.39. The standard InChI is InChI=1S/C21H19N3OS3/c1-11-8-12(2)17(13(3)9-11)15-10-27-21(23-15)24-19(25)18-14(4)22-20(28-18)16-6-5-7-26-16/h5-10H,1-4H3,(H,23,24,25). The SMILES string of the molecule is Cc1cc(C)c(-c2csc(NC(=O)c3sc(-c4cccs4)nc3C)n2)c(C)c1. The topological polar surface area (TPSA) is 54.9 Å². The lowest BCUT2D eigenvalue weighted by Crippen LogP contribution is -2.11. The first-order valence-corrected chi connectivity index (χ1v) is 11.4. The fraction of sp³-hybridized carbons (Fsp3) is 0.190. The van der Waals surface area contributed by atoms with E-state index in [1.54, 1.807) is 11.3 Å². The van der Waals surface area contributed by atoms with E-state index >= 15 is 0 Å². The zero-order valence-electron chi connectivity index (χ0n) is 16.0. The largest absolute Gasteiger partial charge is 0.297 e. The fourth-order valence-electron chi connectivity index (χ4n) is 3.30. The number of thiophene rings is 1. The van der Waals surface area contributed by atoms with Crippen molar-refractivity contribution >= 4 is 45.0 Å². The Kier molecular flexibility index (Phi) is 5.14. The second-order valence-corrected chi connectivity index (χ2v) is 9.48. The normalized spacial score (nSPS) is 11.0.